The molecule has 0 aliphatic carbocycles. The Morgan fingerprint density at radius 3 is 2.35 bits per heavy atom. The zero-order chi connectivity index (χ0) is 17.1. The van der Waals surface area contributed by atoms with Gasteiger partial charge in [-0.1, -0.05) is 72.1 Å². The Hall–Kier alpha value is -0.860. The average molecular weight is 324 g/mol. The van der Waals surface area contributed by atoms with Gasteiger partial charge in [-0.3, -0.25) is 9.59 Å². The van der Waals surface area contributed by atoms with E-state index < -0.39 is 0 Å². The molecule has 0 saturated carbocycles. The van der Waals surface area contributed by atoms with Crippen molar-refractivity contribution in [2.75, 3.05) is 6.54 Å². The Morgan fingerprint density at radius 1 is 1.09 bits per heavy atom. The normalized spacial score (nSPS) is 19.3. The molecule has 1 rings (SSSR count). The summed E-state index contributed by atoms with van der Waals surface area (Å²) in [6.07, 6.45) is 13.5. The van der Waals surface area contributed by atoms with Crippen LogP contribution in [0.25, 0.3) is 0 Å². The molecule has 0 unspecified atom stereocenters. The van der Waals surface area contributed by atoms with E-state index in [1.165, 1.54) is 44.9 Å². The molecule has 1 aliphatic rings. The van der Waals surface area contributed by atoms with Gasteiger partial charge in [0.1, 0.15) is 5.78 Å². The first-order valence-electron chi connectivity index (χ1n) is 9.78. The third kappa shape index (κ3) is 7.99. The van der Waals surface area contributed by atoms with E-state index in [1.54, 1.807) is 0 Å². The number of rotatable bonds is 11. The summed E-state index contributed by atoms with van der Waals surface area (Å²) in [4.78, 5) is 24.4. The van der Waals surface area contributed by atoms with Crippen LogP contribution in [0.2, 0.25) is 0 Å². The van der Waals surface area contributed by atoms with E-state index in [1.807, 2.05) is 0 Å². The fourth-order valence-electron chi connectivity index (χ4n) is 3.57. The third-order valence-corrected chi connectivity index (χ3v) is 5.18. The molecule has 134 valence electrons. The van der Waals surface area contributed by atoms with Crippen LogP contribution in [0.1, 0.15) is 97.8 Å². The molecule has 1 atom stereocenters. The Morgan fingerprint density at radius 2 is 1.70 bits per heavy atom. The molecule has 3 heteroatoms. The lowest BCUT2D eigenvalue weighted by molar-refractivity contribution is -0.134. The van der Waals surface area contributed by atoms with E-state index >= 15 is 0 Å². The highest BCUT2D eigenvalue weighted by atomic mass is 16.2. The van der Waals surface area contributed by atoms with Crippen LogP contribution in [-0.2, 0) is 9.59 Å². The van der Waals surface area contributed by atoms with Gasteiger partial charge in [0.15, 0.2) is 0 Å². The first-order chi connectivity index (χ1) is 11.0. The summed E-state index contributed by atoms with van der Waals surface area (Å²) in [6, 6.07) is 0. The number of carbonyl (C=O) groups excluding carboxylic acids is 2. The molecule has 0 spiro atoms. The van der Waals surface area contributed by atoms with Gasteiger partial charge >= 0.3 is 0 Å². The highest BCUT2D eigenvalue weighted by Gasteiger charge is 2.34. The van der Waals surface area contributed by atoms with Crippen LogP contribution in [0.5, 0.6) is 0 Å². The topological polar surface area (TPSA) is 46.2 Å². The van der Waals surface area contributed by atoms with Crippen LogP contribution >= 0.6 is 0 Å². The van der Waals surface area contributed by atoms with Gasteiger partial charge in [0.2, 0.25) is 5.91 Å². The van der Waals surface area contributed by atoms with Crippen molar-refractivity contribution in [1.82, 2.24) is 5.32 Å². The molecule has 0 aromatic carbocycles. The minimum Gasteiger partial charge on any atom is -0.356 e. The Balaban J connectivity index is 2.25. The molecule has 1 amide bonds. The van der Waals surface area contributed by atoms with E-state index in [4.69, 9.17) is 0 Å². The summed E-state index contributed by atoms with van der Waals surface area (Å²) >= 11 is 0. The number of hydrogen-bond acceptors (Lipinski definition) is 2. The van der Waals surface area contributed by atoms with Gasteiger partial charge in [-0.25, -0.2) is 0 Å². The third-order valence-electron chi connectivity index (χ3n) is 5.18. The van der Waals surface area contributed by atoms with Gasteiger partial charge in [-0.15, -0.1) is 0 Å². The predicted molar refractivity (Wildman–Crippen MR) is 96.4 cm³/mol. The molecule has 0 aromatic rings. The number of ketones is 1. The zero-order valence-corrected chi connectivity index (χ0v) is 15.6. The fraction of sp³-hybridized carbons (Fsp3) is 0.900. The first-order valence-corrected chi connectivity index (χ1v) is 9.78. The standard InChI is InChI=1S/C20H37NO2/c1-4-5-6-7-8-9-10-11-14-20(2,3)19(23)17-13-12-15-21-18(22)16-17/h17H,4-16H2,1-3H3,(H,21,22)/t17-/m0/s1. The number of unbranched alkanes of at least 4 members (excludes halogenated alkanes) is 7. The number of hydrogen-bond donors (Lipinski definition) is 1. The second-order valence-electron chi connectivity index (χ2n) is 7.87. The van der Waals surface area contributed by atoms with Crippen molar-refractivity contribution in [3.63, 3.8) is 0 Å². The molecule has 0 aromatic heterocycles. The van der Waals surface area contributed by atoms with Crippen LogP contribution in [-0.4, -0.2) is 18.2 Å². The van der Waals surface area contributed by atoms with Gasteiger partial charge in [-0.05, 0) is 19.3 Å². The van der Waals surface area contributed by atoms with Crippen molar-refractivity contribution in [2.45, 2.75) is 97.8 Å². The molecule has 1 aliphatic heterocycles. The maximum Gasteiger partial charge on any atom is 0.220 e. The van der Waals surface area contributed by atoms with E-state index in [9.17, 15) is 9.59 Å². The number of Topliss-reactive ketones (excluding diaryl/α,β-unsaturated/α-hetero) is 1. The van der Waals surface area contributed by atoms with Crippen molar-refractivity contribution >= 4 is 11.7 Å². The zero-order valence-electron chi connectivity index (χ0n) is 15.6. The molecule has 0 radical (unpaired) electrons. The van der Waals surface area contributed by atoms with Gasteiger partial charge < -0.3 is 5.32 Å². The van der Waals surface area contributed by atoms with Crippen molar-refractivity contribution in [3.05, 3.63) is 0 Å². The Labute approximate surface area is 143 Å². The second kappa shape index (κ2) is 10.8. The Bertz CT molecular complexity index is 363. The van der Waals surface area contributed by atoms with Crippen molar-refractivity contribution < 1.29 is 9.59 Å². The second-order valence-corrected chi connectivity index (χ2v) is 7.87. The van der Waals surface area contributed by atoms with Crippen LogP contribution in [0.4, 0.5) is 0 Å². The highest BCUT2D eigenvalue weighted by Crippen LogP contribution is 2.32. The summed E-state index contributed by atoms with van der Waals surface area (Å²) in [5, 5.41) is 2.87. The molecule has 1 fully saturated rings. The van der Waals surface area contributed by atoms with E-state index in [0.717, 1.165) is 32.2 Å². The molecule has 1 heterocycles. The molecular weight excluding hydrogens is 286 g/mol. The highest BCUT2D eigenvalue weighted by molar-refractivity contribution is 5.90. The smallest absolute Gasteiger partial charge is 0.220 e. The molecular formula is C20H37NO2. The molecule has 23 heavy (non-hydrogen) atoms. The van der Waals surface area contributed by atoms with Crippen LogP contribution < -0.4 is 5.32 Å². The molecule has 0 bridgehead atoms. The maximum absolute atomic E-state index is 12.8. The minimum atomic E-state index is -0.280. The van der Waals surface area contributed by atoms with E-state index in [2.05, 4.69) is 26.1 Å². The van der Waals surface area contributed by atoms with Crippen molar-refractivity contribution in [3.8, 4) is 0 Å². The van der Waals surface area contributed by atoms with E-state index in [0.29, 0.717) is 12.2 Å². The summed E-state index contributed by atoms with van der Waals surface area (Å²) in [5.41, 5.74) is -0.280. The summed E-state index contributed by atoms with van der Waals surface area (Å²) in [5.74, 6) is 0.280. The molecule has 1 saturated heterocycles. The SMILES string of the molecule is CCCCCCCCCCC(C)(C)C(=O)[C@H]1CCCNC(=O)C1. The number of nitrogens with one attached hydrogen (secondary N) is 1. The lowest BCUT2D eigenvalue weighted by atomic mass is 9.75. The number of amides is 1. The molecule has 1 N–H and O–H groups in total. The van der Waals surface area contributed by atoms with Crippen molar-refractivity contribution in [2.24, 2.45) is 11.3 Å². The number of carbonyl (C=O) groups is 2. The monoisotopic (exact) mass is 323 g/mol. The average Bonchev–Trinajstić information content (AvgIpc) is 2.73. The molecule has 3 nitrogen and oxygen atoms in total. The predicted octanol–water partition coefficient (Wildman–Crippen LogP) is 5.03. The quantitative estimate of drug-likeness (QED) is 0.542. The van der Waals surface area contributed by atoms with Gasteiger partial charge in [0, 0.05) is 24.3 Å². The minimum absolute atomic E-state index is 0.0451. The van der Waals surface area contributed by atoms with Gasteiger partial charge in [0.05, 0.1) is 0 Å². The lowest BCUT2D eigenvalue weighted by Gasteiger charge is -2.27. The van der Waals surface area contributed by atoms with Crippen LogP contribution in [0.3, 0.4) is 0 Å². The van der Waals surface area contributed by atoms with Gasteiger partial charge in [0.25, 0.3) is 0 Å². The largest absolute Gasteiger partial charge is 0.356 e. The Kier molecular flexibility index (Phi) is 9.50. The van der Waals surface area contributed by atoms with E-state index in [-0.39, 0.29) is 17.2 Å². The van der Waals surface area contributed by atoms with Crippen LogP contribution in [0.15, 0.2) is 0 Å². The van der Waals surface area contributed by atoms with Crippen molar-refractivity contribution in [1.29, 1.82) is 0 Å². The summed E-state index contributed by atoms with van der Waals surface area (Å²) < 4.78 is 0. The fourth-order valence-corrected chi connectivity index (χ4v) is 3.57. The summed E-state index contributed by atoms with van der Waals surface area (Å²) in [7, 11) is 0. The van der Waals surface area contributed by atoms with Gasteiger partial charge in [-0.2, -0.15) is 0 Å². The van der Waals surface area contributed by atoms with Crippen LogP contribution in [0, 0.1) is 11.3 Å². The first kappa shape index (κ1) is 20.2. The summed E-state index contributed by atoms with van der Waals surface area (Å²) in [6.45, 7) is 7.11. The lowest BCUT2D eigenvalue weighted by Crippen LogP contribution is -2.33. The maximum atomic E-state index is 12.8.